The summed E-state index contributed by atoms with van der Waals surface area (Å²) in [5.41, 5.74) is 0. The molecule has 0 amide bonds. The van der Waals surface area contributed by atoms with Gasteiger partial charge in [0.1, 0.15) is 0 Å². The van der Waals surface area contributed by atoms with E-state index in [2.05, 4.69) is 0 Å². The number of rotatable bonds is 2. The first-order chi connectivity index (χ1) is 3.13. The maximum absolute atomic E-state index is 9.81. The molecule has 0 aromatic rings. The summed E-state index contributed by atoms with van der Waals surface area (Å²) < 4.78 is 0. The van der Waals surface area contributed by atoms with E-state index in [1.165, 1.54) is 0 Å². The van der Waals surface area contributed by atoms with Crippen LogP contribution in [-0.4, -0.2) is 60.0 Å². The van der Waals surface area contributed by atoms with E-state index in [0.717, 1.165) is 0 Å². The van der Waals surface area contributed by atoms with Gasteiger partial charge in [-0.2, -0.15) is 0 Å². The number of hydrogen-bond donors (Lipinski definition) is 1. The van der Waals surface area contributed by atoms with E-state index in [0.29, 0.717) is 0 Å². The normalized spacial score (nSPS) is 8.38. The molecule has 0 rings (SSSR count). The smallest absolute Gasteiger partial charge is 1.00 e. The van der Waals surface area contributed by atoms with Crippen molar-refractivity contribution in [3.8, 4) is 0 Å². The van der Waals surface area contributed by atoms with Crippen LogP contribution in [0.2, 0.25) is 0 Å². The largest absolute Gasteiger partial charge is 2.00 e. The molecular formula is C5H12BaO2. The first-order valence-electron chi connectivity index (χ1n) is 2.34. The van der Waals surface area contributed by atoms with Crippen molar-refractivity contribution in [2.45, 2.75) is 20.3 Å². The molecule has 0 saturated heterocycles. The zero-order chi connectivity index (χ0) is 5.86. The van der Waals surface area contributed by atoms with Crippen molar-refractivity contribution in [3.63, 3.8) is 0 Å². The second kappa shape index (κ2) is 6.17. The van der Waals surface area contributed by atoms with Gasteiger partial charge in [0, 0.05) is 6.42 Å². The molecule has 0 aliphatic rings. The van der Waals surface area contributed by atoms with E-state index >= 15 is 0 Å². The molecular weight excluding hydrogens is 229 g/mol. The first-order valence-corrected chi connectivity index (χ1v) is 2.34. The van der Waals surface area contributed by atoms with Gasteiger partial charge in [-0.1, -0.05) is 13.8 Å². The molecule has 0 aliphatic heterocycles. The minimum atomic E-state index is -0.713. The maximum atomic E-state index is 9.81. The summed E-state index contributed by atoms with van der Waals surface area (Å²) in [4.78, 5) is 9.81. The van der Waals surface area contributed by atoms with Crippen LogP contribution in [0, 0.1) is 5.92 Å². The Kier molecular flexibility index (Phi) is 9.09. The molecule has 0 aromatic heterocycles. The Bertz CT molecular complexity index is 78.0. The molecule has 8 heavy (non-hydrogen) atoms. The minimum Gasteiger partial charge on any atom is -1.00 e. The monoisotopic (exact) mass is 242 g/mol. The predicted molar refractivity (Wildman–Crippen MR) is 35.1 cm³/mol. The average Bonchev–Trinajstić information content (AvgIpc) is 1.27. The minimum absolute atomic E-state index is 0. The number of carbonyl (C=O) groups is 1. The van der Waals surface area contributed by atoms with Crippen LogP contribution < -0.4 is 0 Å². The molecule has 0 fully saturated rings. The fourth-order valence-electron chi connectivity index (χ4n) is 0.349. The van der Waals surface area contributed by atoms with Crippen molar-refractivity contribution in [2.24, 2.45) is 5.92 Å². The van der Waals surface area contributed by atoms with Gasteiger partial charge < -0.3 is 7.96 Å². The molecule has 2 nitrogen and oxygen atoms in total. The Morgan fingerprint density at radius 2 is 2.12 bits per heavy atom. The second-order valence-corrected chi connectivity index (χ2v) is 1.99. The Labute approximate surface area is 92.7 Å². The molecule has 0 aromatic carbocycles. The van der Waals surface area contributed by atoms with Crippen molar-refractivity contribution >= 4 is 54.9 Å². The summed E-state index contributed by atoms with van der Waals surface area (Å²) in [5.74, 6) is -0.438. The summed E-state index contributed by atoms with van der Waals surface area (Å²) in [6.07, 6.45) is 0.278. The zero-order valence-corrected chi connectivity index (χ0v) is 9.79. The van der Waals surface area contributed by atoms with Crippen molar-refractivity contribution in [2.75, 3.05) is 0 Å². The van der Waals surface area contributed by atoms with Crippen LogP contribution in [0.1, 0.15) is 23.1 Å². The topological polar surface area (TPSA) is 37.3 Å². The fourth-order valence-corrected chi connectivity index (χ4v) is 0.349. The van der Waals surface area contributed by atoms with Gasteiger partial charge in [-0.25, -0.2) is 0 Å². The third-order valence-electron chi connectivity index (χ3n) is 0.583. The van der Waals surface area contributed by atoms with E-state index < -0.39 is 5.97 Å². The van der Waals surface area contributed by atoms with E-state index in [-0.39, 0.29) is 64.1 Å². The fraction of sp³-hybridized carbons (Fsp3) is 0.800. The molecule has 0 bridgehead atoms. The third kappa shape index (κ3) is 10.1. The molecule has 0 atom stereocenters. The van der Waals surface area contributed by atoms with Crippen LogP contribution in [0.5, 0.6) is 0 Å². The third-order valence-corrected chi connectivity index (χ3v) is 0.583. The van der Waals surface area contributed by atoms with Crippen LogP contribution >= 0.6 is 0 Å². The van der Waals surface area contributed by atoms with Gasteiger partial charge in [-0.3, -0.25) is 4.79 Å². The van der Waals surface area contributed by atoms with Gasteiger partial charge >= 0.3 is 54.9 Å². The summed E-state index contributed by atoms with van der Waals surface area (Å²) in [5, 5.41) is 8.08. The van der Waals surface area contributed by atoms with Crippen LogP contribution in [-0.2, 0) is 4.79 Å². The molecule has 0 radical (unpaired) electrons. The van der Waals surface area contributed by atoms with Crippen molar-refractivity contribution in [1.29, 1.82) is 0 Å². The molecule has 0 saturated carbocycles. The summed E-state index contributed by atoms with van der Waals surface area (Å²) in [6.45, 7) is 3.77. The predicted octanol–water partition coefficient (Wildman–Crippen LogP) is 0.961. The standard InChI is InChI=1S/C5H10O2.Ba.2H/c1-4(2)3-5(6)7;;;/h4H,3H2,1-2H3,(H,6,7);;;/q;+2;2*-1. The first kappa shape index (κ1) is 11.8. The van der Waals surface area contributed by atoms with Crippen molar-refractivity contribution in [1.82, 2.24) is 0 Å². The summed E-state index contributed by atoms with van der Waals surface area (Å²) >= 11 is 0. The Balaban J connectivity index is -0.0000000600. The van der Waals surface area contributed by atoms with Gasteiger partial charge in [-0.05, 0) is 5.92 Å². The maximum Gasteiger partial charge on any atom is 2.00 e. The van der Waals surface area contributed by atoms with Crippen molar-refractivity contribution in [3.05, 3.63) is 0 Å². The molecule has 0 spiro atoms. The van der Waals surface area contributed by atoms with E-state index in [9.17, 15) is 4.79 Å². The van der Waals surface area contributed by atoms with E-state index in [1.807, 2.05) is 13.8 Å². The van der Waals surface area contributed by atoms with Crippen LogP contribution in [0.3, 0.4) is 0 Å². The Morgan fingerprint density at radius 3 is 2.12 bits per heavy atom. The number of hydrogen-bond acceptors (Lipinski definition) is 1. The van der Waals surface area contributed by atoms with Gasteiger partial charge in [0.2, 0.25) is 0 Å². The molecule has 0 aliphatic carbocycles. The van der Waals surface area contributed by atoms with Gasteiger partial charge in [0.25, 0.3) is 0 Å². The second-order valence-electron chi connectivity index (χ2n) is 1.99. The molecule has 46 valence electrons. The molecule has 3 heteroatoms. The van der Waals surface area contributed by atoms with Crippen LogP contribution in [0.15, 0.2) is 0 Å². The molecule has 1 N–H and O–H groups in total. The number of aliphatic carboxylic acids is 1. The van der Waals surface area contributed by atoms with Crippen LogP contribution in [0.25, 0.3) is 0 Å². The van der Waals surface area contributed by atoms with Crippen LogP contribution in [0.4, 0.5) is 0 Å². The zero-order valence-electron chi connectivity index (χ0n) is 7.35. The molecule has 0 unspecified atom stereocenters. The summed E-state index contributed by atoms with van der Waals surface area (Å²) in [7, 11) is 0. The van der Waals surface area contributed by atoms with Gasteiger partial charge in [0.05, 0.1) is 0 Å². The SMILES string of the molecule is CC(C)CC(=O)O.[Ba+2].[H-].[H-]. The van der Waals surface area contributed by atoms with Crippen molar-refractivity contribution < 1.29 is 12.8 Å². The molecule has 0 heterocycles. The number of carboxylic acid groups (broad SMARTS) is 1. The quantitative estimate of drug-likeness (QED) is 0.731. The average molecular weight is 241 g/mol. The Morgan fingerprint density at radius 1 is 1.75 bits per heavy atom. The Hall–Kier alpha value is 1.04. The van der Waals surface area contributed by atoms with E-state index in [1.54, 1.807) is 0 Å². The number of carboxylic acids is 1. The van der Waals surface area contributed by atoms with Gasteiger partial charge in [0.15, 0.2) is 0 Å². The van der Waals surface area contributed by atoms with Gasteiger partial charge in [-0.15, -0.1) is 0 Å². The summed E-state index contributed by atoms with van der Waals surface area (Å²) in [6, 6.07) is 0. The van der Waals surface area contributed by atoms with E-state index in [4.69, 9.17) is 5.11 Å².